The Bertz CT molecular complexity index is 655. The van der Waals surface area contributed by atoms with Crippen molar-refractivity contribution in [3.8, 4) is 0 Å². The van der Waals surface area contributed by atoms with E-state index in [1.807, 2.05) is 18.2 Å². The maximum absolute atomic E-state index is 11.8. The second kappa shape index (κ2) is 7.19. The molecule has 1 aromatic heterocycles. The summed E-state index contributed by atoms with van der Waals surface area (Å²) >= 11 is 0. The van der Waals surface area contributed by atoms with Gasteiger partial charge in [0.2, 0.25) is 10.0 Å². The maximum Gasteiger partial charge on any atom is 0.240 e. The molecule has 2 rings (SSSR count). The first-order valence-corrected chi connectivity index (χ1v) is 8.33. The van der Waals surface area contributed by atoms with Crippen LogP contribution in [0.15, 0.2) is 53.6 Å². The Kier molecular flexibility index (Phi) is 5.30. The van der Waals surface area contributed by atoms with Crippen molar-refractivity contribution in [2.75, 3.05) is 18.4 Å². The SMILES string of the molecule is CCNS(=O)(=O)c1ccc(NCCc2ccccn2)cc1. The molecule has 0 atom stereocenters. The first-order chi connectivity index (χ1) is 10.1. The third kappa shape index (κ3) is 4.54. The summed E-state index contributed by atoms with van der Waals surface area (Å²) in [5.41, 5.74) is 1.91. The van der Waals surface area contributed by atoms with Crippen LogP contribution in [0.2, 0.25) is 0 Å². The fourth-order valence-corrected chi connectivity index (χ4v) is 2.95. The van der Waals surface area contributed by atoms with Gasteiger partial charge in [0, 0.05) is 37.1 Å². The minimum absolute atomic E-state index is 0.277. The largest absolute Gasteiger partial charge is 0.385 e. The van der Waals surface area contributed by atoms with E-state index >= 15 is 0 Å². The Morgan fingerprint density at radius 2 is 1.86 bits per heavy atom. The van der Waals surface area contributed by atoms with Crippen LogP contribution >= 0.6 is 0 Å². The summed E-state index contributed by atoms with van der Waals surface area (Å²) in [4.78, 5) is 4.53. The second-order valence-electron chi connectivity index (χ2n) is 4.52. The van der Waals surface area contributed by atoms with Crippen LogP contribution in [0.5, 0.6) is 0 Å². The van der Waals surface area contributed by atoms with E-state index in [0.717, 1.165) is 24.3 Å². The molecular formula is C15H19N3O2S. The third-order valence-corrected chi connectivity index (χ3v) is 4.50. The average Bonchev–Trinajstić information content (AvgIpc) is 2.49. The summed E-state index contributed by atoms with van der Waals surface area (Å²) in [5.74, 6) is 0. The van der Waals surface area contributed by atoms with Crippen molar-refractivity contribution in [2.45, 2.75) is 18.2 Å². The molecule has 0 saturated heterocycles. The summed E-state index contributed by atoms with van der Waals surface area (Å²) in [6, 6.07) is 12.6. The van der Waals surface area contributed by atoms with Gasteiger partial charge >= 0.3 is 0 Å². The zero-order valence-corrected chi connectivity index (χ0v) is 12.7. The Balaban J connectivity index is 1.91. The molecule has 0 saturated carbocycles. The molecule has 0 aliphatic rings. The van der Waals surface area contributed by atoms with Gasteiger partial charge < -0.3 is 5.32 Å². The van der Waals surface area contributed by atoms with E-state index in [-0.39, 0.29) is 4.90 Å². The molecule has 0 radical (unpaired) electrons. The number of nitrogens with one attached hydrogen (secondary N) is 2. The van der Waals surface area contributed by atoms with E-state index < -0.39 is 10.0 Å². The Morgan fingerprint density at radius 3 is 2.48 bits per heavy atom. The monoisotopic (exact) mass is 305 g/mol. The Morgan fingerprint density at radius 1 is 1.10 bits per heavy atom. The van der Waals surface area contributed by atoms with Crippen LogP contribution in [-0.4, -0.2) is 26.5 Å². The minimum Gasteiger partial charge on any atom is -0.385 e. The fraction of sp³-hybridized carbons (Fsp3) is 0.267. The minimum atomic E-state index is -3.38. The summed E-state index contributed by atoms with van der Waals surface area (Å²) in [6.07, 6.45) is 2.59. The highest BCUT2D eigenvalue weighted by Gasteiger charge is 2.11. The second-order valence-corrected chi connectivity index (χ2v) is 6.29. The van der Waals surface area contributed by atoms with Crippen molar-refractivity contribution < 1.29 is 8.42 Å². The van der Waals surface area contributed by atoms with Gasteiger partial charge in [0.15, 0.2) is 0 Å². The van der Waals surface area contributed by atoms with Crippen molar-refractivity contribution in [3.05, 3.63) is 54.4 Å². The van der Waals surface area contributed by atoms with Gasteiger partial charge in [0.05, 0.1) is 4.90 Å². The van der Waals surface area contributed by atoms with E-state index in [2.05, 4.69) is 15.0 Å². The lowest BCUT2D eigenvalue weighted by molar-refractivity contribution is 0.584. The van der Waals surface area contributed by atoms with Crippen LogP contribution in [0, 0.1) is 0 Å². The van der Waals surface area contributed by atoms with E-state index in [9.17, 15) is 8.42 Å². The molecule has 0 aliphatic heterocycles. The van der Waals surface area contributed by atoms with E-state index in [4.69, 9.17) is 0 Å². The highest BCUT2D eigenvalue weighted by molar-refractivity contribution is 7.89. The smallest absolute Gasteiger partial charge is 0.240 e. The molecule has 0 amide bonds. The Hall–Kier alpha value is -1.92. The zero-order chi connectivity index (χ0) is 15.1. The number of sulfonamides is 1. The van der Waals surface area contributed by atoms with E-state index in [1.165, 1.54) is 0 Å². The van der Waals surface area contributed by atoms with Gasteiger partial charge in [-0.1, -0.05) is 13.0 Å². The summed E-state index contributed by atoms with van der Waals surface area (Å²) in [5, 5.41) is 3.25. The molecule has 112 valence electrons. The third-order valence-electron chi connectivity index (χ3n) is 2.94. The lowest BCUT2D eigenvalue weighted by Crippen LogP contribution is -2.23. The highest BCUT2D eigenvalue weighted by Crippen LogP contribution is 2.13. The van der Waals surface area contributed by atoms with Crippen molar-refractivity contribution in [1.29, 1.82) is 0 Å². The molecule has 0 aliphatic carbocycles. The highest BCUT2D eigenvalue weighted by atomic mass is 32.2. The predicted octanol–water partition coefficient (Wildman–Crippen LogP) is 2.03. The predicted molar refractivity (Wildman–Crippen MR) is 83.7 cm³/mol. The van der Waals surface area contributed by atoms with Crippen LogP contribution in [0.25, 0.3) is 0 Å². The van der Waals surface area contributed by atoms with E-state index in [1.54, 1.807) is 37.4 Å². The first-order valence-electron chi connectivity index (χ1n) is 6.85. The average molecular weight is 305 g/mol. The molecule has 1 heterocycles. The van der Waals surface area contributed by atoms with Gasteiger partial charge in [-0.2, -0.15) is 0 Å². The quantitative estimate of drug-likeness (QED) is 0.821. The van der Waals surface area contributed by atoms with Gasteiger partial charge in [0.25, 0.3) is 0 Å². The number of pyridine rings is 1. The van der Waals surface area contributed by atoms with Gasteiger partial charge in [-0.25, -0.2) is 13.1 Å². The van der Waals surface area contributed by atoms with Crippen molar-refractivity contribution in [3.63, 3.8) is 0 Å². The molecule has 2 aromatic rings. The number of rotatable bonds is 7. The van der Waals surface area contributed by atoms with Crippen LogP contribution in [-0.2, 0) is 16.4 Å². The fourth-order valence-electron chi connectivity index (χ4n) is 1.91. The molecule has 5 nitrogen and oxygen atoms in total. The van der Waals surface area contributed by atoms with Crippen LogP contribution in [0.4, 0.5) is 5.69 Å². The first kappa shape index (κ1) is 15.5. The van der Waals surface area contributed by atoms with Crippen molar-refractivity contribution >= 4 is 15.7 Å². The number of anilines is 1. The lowest BCUT2D eigenvalue weighted by Gasteiger charge is -2.08. The molecular weight excluding hydrogens is 286 g/mol. The molecule has 2 N–H and O–H groups in total. The number of benzene rings is 1. The summed E-state index contributed by atoms with van der Waals surface area (Å²) in [6.45, 7) is 2.88. The number of hydrogen-bond donors (Lipinski definition) is 2. The van der Waals surface area contributed by atoms with Crippen molar-refractivity contribution in [1.82, 2.24) is 9.71 Å². The zero-order valence-electron chi connectivity index (χ0n) is 11.9. The summed E-state index contributed by atoms with van der Waals surface area (Å²) < 4.78 is 26.1. The number of hydrogen-bond acceptors (Lipinski definition) is 4. The van der Waals surface area contributed by atoms with Crippen LogP contribution in [0.1, 0.15) is 12.6 Å². The molecule has 0 spiro atoms. The lowest BCUT2D eigenvalue weighted by atomic mass is 10.2. The number of nitrogens with zero attached hydrogens (tertiary/aromatic N) is 1. The van der Waals surface area contributed by atoms with Crippen LogP contribution in [0.3, 0.4) is 0 Å². The summed E-state index contributed by atoms with van der Waals surface area (Å²) in [7, 11) is -3.38. The standard InChI is InChI=1S/C15H19N3O2S/c1-2-18-21(19,20)15-8-6-14(7-9-15)17-12-10-13-5-3-4-11-16-13/h3-9,11,17-18H,2,10,12H2,1H3. The van der Waals surface area contributed by atoms with Crippen LogP contribution < -0.4 is 10.0 Å². The molecule has 0 fully saturated rings. The molecule has 21 heavy (non-hydrogen) atoms. The number of aromatic nitrogens is 1. The van der Waals surface area contributed by atoms with E-state index in [0.29, 0.717) is 6.54 Å². The normalized spacial score (nSPS) is 11.3. The van der Waals surface area contributed by atoms with Crippen molar-refractivity contribution in [2.24, 2.45) is 0 Å². The molecule has 0 bridgehead atoms. The Labute approximate surface area is 125 Å². The molecule has 0 unspecified atom stereocenters. The van der Waals surface area contributed by atoms with Gasteiger partial charge in [-0.15, -0.1) is 0 Å². The topological polar surface area (TPSA) is 71.1 Å². The molecule has 6 heteroatoms. The molecule has 1 aromatic carbocycles. The van der Waals surface area contributed by atoms with Gasteiger partial charge in [-0.3, -0.25) is 4.98 Å². The van der Waals surface area contributed by atoms with Gasteiger partial charge in [-0.05, 0) is 36.4 Å². The van der Waals surface area contributed by atoms with Gasteiger partial charge in [0.1, 0.15) is 0 Å². The maximum atomic E-state index is 11.8.